The van der Waals surface area contributed by atoms with Gasteiger partial charge in [-0.3, -0.25) is 4.79 Å². The Morgan fingerprint density at radius 3 is 2.60 bits per heavy atom. The van der Waals surface area contributed by atoms with Gasteiger partial charge in [0.05, 0.1) is 11.7 Å². The van der Waals surface area contributed by atoms with Crippen molar-refractivity contribution >= 4 is 11.9 Å². The lowest BCUT2D eigenvalue weighted by molar-refractivity contribution is -0.124. The Morgan fingerprint density at radius 2 is 1.84 bits per heavy atom. The number of benzene rings is 2. The Morgan fingerprint density at radius 1 is 1.08 bits per heavy atom. The van der Waals surface area contributed by atoms with Gasteiger partial charge in [0, 0.05) is 13.2 Å². The van der Waals surface area contributed by atoms with Gasteiger partial charge in [-0.05, 0) is 30.0 Å². The molecule has 0 bridgehead atoms. The monoisotopic (exact) mass is 339 g/mol. The van der Waals surface area contributed by atoms with Crippen LogP contribution in [0.1, 0.15) is 23.2 Å². The van der Waals surface area contributed by atoms with Gasteiger partial charge in [0.25, 0.3) is 5.91 Å². The molecule has 0 spiro atoms. The summed E-state index contributed by atoms with van der Waals surface area (Å²) in [5.41, 5.74) is 2.16. The Labute approximate surface area is 147 Å². The van der Waals surface area contributed by atoms with Crippen LogP contribution < -0.4 is 5.32 Å². The standard InChI is InChI=1S/C20H21NO4/c22-19(21-13-16-9-6-12-24-16)14-25-20(23)18-11-5-4-10-17(18)15-7-2-1-3-8-15/h1-5,7-8,10-11,16H,6,9,12-14H2,(H,21,22). The van der Waals surface area contributed by atoms with Crippen molar-refractivity contribution < 1.29 is 19.1 Å². The van der Waals surface area contributed by atoms with E-state index in [0.717, 1.165) is 30.6 Å². The van der Waals surface area contributed by atoms with E-state index in [1.807, 2.05) is 42.5 Å². The molecule has 5 nitrogen and oxygen atoms in total. The Kier molecular flexibility index (Phi) is 5.80. The van der Waals surface area contributed by atoms with Crippen molar-refractivity contribution in [2.75, 3.05) is 19.8 Å². The average Bonchev–Trinajstić information content (AvgIpc) is 3.19. The molecule has 0 saturated carbocycles. The largest absolute Gasteiger partial charge is 0.452 e. The lowest BCUT2D eigenvalue weighted by Crippen LogP contribution is -2.34. The first-order valence-corrected chi connectivity index (χ1v) is 8.44. The van der Waals surface area contributed by atoms with Gasteiger partial charge in [-0.25, -0.2) is 4.79 Å². The van der Waals surface area contributed by atoms with Crippen molar-refractivity contribution in [3.05, 3.63) is 60.2 Å². The van der Waals surface area contributed by atoms with Crippen LogP contribution >= 0.6 is 0 Å². The number of nitrogens with one attached hydrogen (secondary N) is 1. The summed E-state index contributed by atoms with van der Waals surface area (Å²) in [7, 11) is 0. The first-order chi connectivity index (χ1) is 12.2. The highest BCUT2D eigenvalue weighted by atomic mass is 16.5. The van der Waals surface area contributed by atoms with E-state index in [2.05, 4.69) is 5.32 Å². The van der Waals surface area contributed by atoms with Gasteiger partial charge in [0.1, 0.15) is 0 Å². The molecule has 25 heavy (non-hydrogen) atoms. The molecule has 0 aromatic heterocycles. The molecule has 1 aliphatic rings. The van der Waals surface area contributed by atoms with Crippen LogP contribution in [0.2, 0.25) is 0 Å². The molecule has 5 heteroatoms. The smallest absolute Gasteiger partial charge is 0.339 e. The van der Waals surface area contributed by atoms with Crippen LogP contribution in [-0.4, -0.2) is 37.7 Å². The quantitative estimate of drug-likeness (QED) is 0.822. The molecule has 1 atom stereocenters. The Balaban J connectivity index is 1.57. The van der Waals surface area contributed by atoms with Crippen molar-refractivity contribution in [1.82, 2.24) is 5.32 Å². The maximum atomic E-state index is 12.4. The van der Waals surface area contributed by atoms with Crippen molar-refractivity contribution in [3.8, 4) is 11.1 Å². The number of esters is 1. The van der Waals surface area contributed by atoms with Crippen molar-refractivity contribution in [3.63, 3.8) is 0 Å². The van der Waals surface area contributed by atoms with Crippen molar-refractivity contribution in [1.29, 1.82) is 0 Å². The Bertz CT molecular complexity index is 723. The third-order valence-corrected chi connectivity index (χ3v) is 4.12. The molecule has 0 aliphatic carbocycles. The fraction of sp³-hybridized carbons (Fsp3) is 0.300. The zero-order chi connectivity index (χ0) is 17.5. The second kappa shape index (κ2) is 8.44. The lowest BCUT2D eigenvalue weighted by atomic mass is 10.00. The zero-order valence-electron chi connectivity index (χ0n) is 13.9. The summed E-state index contributed by atoms with van der Waals surface area (Å²) in [5, 5.41) is 2.74. The summed E-state index contributed by atoms with van der Waals surface area (Å²) >= 11 is 0. The first kappa shape index (κ1) is 17.2. The lowest BCUT2D eigenvalue weighted by Gasteiger charge is -2.12. The van der Waals surface area contributed by atoms with E-state index in [9.17, 15) is 9.59 Å². The fourth-order valence-corrected chi connectivity index (χ4v) is 2.82. The van der Waals surface area contributed by atoms with Crippen molar-refractivity contribution in [2.45, 2.75) is 18.9 Å². The number of hydrogen-bond acceptors (Lipinski definition) is 4. The molecule has 3 rings (SSSR count). The van der Waals surface area contributed by atoms with E-state index in [0.29, 0.717) is 12.1 Å². The summed E-state index contributed by atoms with van der Waals surface area (Å²) in [4.78, 5) is 24.2. The van der Waals surface area contributed by atoms with E-state index in [4.69, 9.17) is 9.47 Å². The maximum absolute atomic E-state index is 12.4. The molecule has 1 fully saturated rings. The molecule has 1 aliphatic heterocycles. The maximum Gasteiger partial charge on any atom is 0.339 e. The fourth-order valence-electron chi connectivity index (χ4n) is 2.82. The Hall–Kier alpha value is -2.66. The second-order valence-electron chi connectivity index (χ2n) is 5.93. The van der Waals surface area contributed by atoms with Crippen LogP contribution in [0.4, 0.5) is 0 Å². The van der Waals surface area contributed by atoms with Crippen LogP contribution in [0.15, 0.2) is 54.6 Å². The summed E-state index contributed by atoms with van der Waals surface area (Å²) < 4.78 is 10.6. The van der Waals surface area contributed by atoms with Crippen LogP contribution in [0.5, 0.6) is 0 Å². The predicted molar refractivity (Wildman–Crippen MR) is 94.1 cm³/mol. The second-order valence-corrected chi connectivity index (χ2v) is 5.93. The minimum Gasteiger partial charge on any atom is -0.452 e. The number of rotatable bonds is 6. The first-order valence-electron chi connectivity index (χ1n) is 8.44. The highest BCUT2D eigenvalue weighted by Crippen LogP contribution is 2.23. The third kappa shape index (κ3) is 4.67. The summed E-state index contributed by atoms with van der Waals surface area (Å²) in [6.07, 6.45) is 2.04. The van der Waals surface area contributed by atoms with Crippen molar-refractivity contribution in [2.24, 2.45) is 0 Å². The predicted octanol–water partition coefficient (Wildman–Crippen LogP) is 2.81. The van der Waals surface area contributed by atoms with Gasteiger partial charge in [-0.1, -0.05) is 48.5 Å². The summed E-state index contributed by atoms with van der Waals surface area (Å²) in [6.45, 7) is 0.900. The molecular formula is C20H21NO4. The number of ether oxygens (including phenoxy) is 2. The number of hydrogen-bond donors (Lipinski definition) is 1. The number of carbonyl (C=O) groups excluding carboxylic acids is 2. The highest BCUT2D eigenvalue weighted by molar-refractivity contribution is 5.98. The van der Waals surface area contributed by atoms with E-state index >= 15 is 0 Å². The molecule has 0 radical (unpaired) electrons. The van der Waals surface area contributed by atoms with E-state index in [-0.39, 0.29) is 18.6 Å². The van der Waals surface area contributed by atoms with Gasteiger partial charge >= 0.3 is 5.97 Å². The van der Waals surface area contributed by atoms with Crippen LogP contribution in [0.25, 0.3) is 11.1 Å². The van der Waals surface area contributed by atoms with Crippen LogP contribution in [-0.2, 0) is 14.3 Å². The number of carbonyl (C=O) groups is 2. The van der Waals surface area contributed by atoms with Gasteiger partial charge in [0.2, 0.25) is 0 Å². The van der Waals surface area contributed by atoms with E-state index in [1.54, 1.807) is 12.1 Å². The molecule has 2 aromatic rings. The molecular weight excluding hydrogens is 318 g/mol. The molecule has 1 amide bonds. The SMILES string of the molecule is O=C(COC(=O)c1ccccc1-c1ccccc1)NCC1CCCO1. The minimum absolute atomic E-state index is 0.0680. The third-order valence-electron chi connectivity index (χ3n) is 4.12. The molecule has 1 N–H and O–H groups in total. The highest BCUT2D eigenvalue weighted by Gasteiger charge is 2.18. The molecule has 1 saturated heterocycles. The van der Waals surface area contributed by atoms with Gasteiger partial charge < -0.3 is 14.8 Å². The topological polar surface area (TPSA) is 64.6 Å². The average molecular weight is 339 g/mol. The van der Waals surface area contributed by atoms with E-state index < -0.39 is 5.97 Å². The summed E-state index contributed by atoms with van der Waals surface area (Å²) in [6, 6.07) is 16.8. The van der Waals surface area contributed by atoms with Gasteiger partial charge in [0.15, 0.2) is 6.61 Å². The zero-order valence-corrected chi connectivity index (χ0v) is 13.9. The number of amides is 1. The van der Waals surface area contributed by atoms with Gasteiger partial charge in [-0.2, -0.15) is 0 Å². The van der Waals surface area contributed by atoms with E-state index in [1.165, 1.54) is 0 Å². The van der Waals surface area contributed by atoms with Crippen LogP contribution in [0.3, 0.4) is 0 Å². The normalized spacial score (nSPS) is 16.4. The van der Waals surface area contributed by atoms with Crippen LogP contribution in [0, 0.1) is 0 Å². The minimum atomic E-state index is -0.508. The molecule has 2 aromatic carbocycles. The van der Waals surface area contributed by atoms with Gasteiger partial charge in [-0.15, -0.1) is 0 Å². The molecule has 1 unspecified atom stereocenters. The molecule has 1 heterocycles. The summed E-state index contributed by atoms with van der Waals surface area (Å²) in [5.74, 6) is -0.826. The molecule has 130 valence electrons.